The lowest BCUT2D eigenvalue weighted by atomic mass is 10.3. The van der Waals surface area contributed by atoms with Crippen molar-refractivity contribution in [3.63, 3.8) is 0 Å². The zero-order valence-electron chi connectivity index (χ0n) is 12.1. The molecule has 0 aliphatic carbocycles. The van der Waals surface area contributed by atoms with Crippen molar-refractivity contribution in [2.45, 2.75) is 25.9 Å². The molecule has 8 heteroatoms. The molecule has 0 saturated heterocycles. The minimum absolute atomic E-state index is 0.0822. The van der Waals surface area contributed by atoms with Crippen LogP contribution < -0.4 is 16.4 Å². The molecule has 0 radical (unpaired) electrons. The van der Waals surface area contributed by atoms with Crippen LogP contribution in [0.1, 0.15) is 19.8 Å². The summed E-state index contributed by atoms with van der Waals surface area (Å²) in [5.41, 5.74) is 5.44. The fraction of sp³-hybridized carbons (Fsp3) is 0.357. The van der Waals surface area contributed by atoms with Crippen molar-refractivity contribution in [3.05, 3.63) is 29.3 Å². The van der Waals surface area contributed by atoms with Crippen molar-refractivity contribution >= 4 is 35.2 Å². The van der Waals surface area contributed by atoms with Gasteiger partial charge in [-0.2, -0.15) is 0 Å². The molecule has 0 aliphatic rings. The number of hydrogen-bond donors (Lipinski definition) is 3. The zero-order chi connectivity index (χ0) is 16.5. The van der Waals surface area contributed by atoms with E-state index >= 15 is 0 Å². The van der Waals surface area contributed by atoms with E-state index in [9.17, 15) is 14.4 Å². The molecule has 120 valence electrons. The summed E-state index contributed by atoms with van der Waals surface area (Å²) < 4.78 is 4.99. The van der Waals surface area contributed by atoms with Gasteiger partial charge < -0.3 is 21.1 Å². The van der Waals surface area contributed by atoms with Gasteiger partial charge in [0.25, 0.3) is 5.91 Å². The first-order chi connectivity index (χ1) is 10.4. The van der Waals surface area contributed by atoms with Gasteiger partial charge in [0.1, 0.15) is 0 Å². The minimum atomic E-state index is -0.924. The lowest BCUT2D eigenvalue weighted by Gasteiger charge is -2.13. The fourth-order valence-corrected chi connectivity index (χ4v) is 1.66. The molecule has 0 fully saturated rings. The molecule has 0 aliphatic heterocycles. The molecule has 0 saturated carbocycles. The number of halogens is 1. The highest BCUT2D eigenvalue weighted by atomic mass is 35.5. The normalized spacial score (nSPS) is 11.4. The standard InChI is InChI=1S/C14H18ClN3O4/c1-9(22-12(19)3-2-8-17-14(16)21)13(20)18-11-6-4-10(15)5-7-11/h4-7,9H,2-3,8H2,1H3,(H,18,20)(H3,16,17,21)/t9-/m1/s1. The average Bonchev–Trinajstić information content (AvgIpc) is 2.45. The summed E-state index contributed by atoms with van der Waals surface area (Å²) in [6, 6.07) is 5.91. The van der Waals surface area contributed by atoms with Crippen LogP contribution in [-0.4, -0.2) is 30.6 Å². The van der Waals surface area contributed by atoms with Gasteiger partial charge in [0.05, 0.1) is 0 Å². The van der Waals surface area contributed by atoms with Crippen molar-refractivity contribution < 1.29 is 19.1 Å². The quantitative estimate of drug-likeness (QED) is 0.522. The number of esters is 1. The predicted octanol–water partition coefficient (Wildman–Crippen LogP) is 1.66. The molecule has 1 atom stereocenters. The van der Waals surface area contributed by atoms with Crippen molar-refractivity contribution in [2.75, 3.05) is 11.9 Å². The molecule has 0 spiro atoms. The van der Waals surface area contributed by atoms with Gasteiger partial charge in [-0.15, -0.1) is 0 Å². The maximum Gasteiger partial charge on any atom is 0.312 e. The third-order valence-electron chi connectivity index (χ3n) is 2.65. The number of hydrogen-bond acceptors (Lipinski definition) is 4. The van der Waals surface area contributed by atoms with Crippen molar-refractivity contribution in [3.8, 4) is 0 Å². The molecule has 1 aromatic rings. The van der Waals surface area contributed by atoms with E-state index in [1.807, 2.05) is 0 Å². The lowest BCUT2D eigenvalue weighted by molar-refractivity contribution is -0.153. The Labute approximate surface area is 133 Å². The van der Waals surface area contributed by atoms with Crippen LogP contribution in [0, 0.1) is 0 Å². The van der Waals surface area contributed by atoms with Crippen LogP contribution in [-0.2, 0) is 14.3 Å². The number of carbonyl (C=O) groups is 3. The van der Waals surface area contributed by atoms with Gasteiger partial charge >= 0.3 is 12.0 Å². The van der Waals surface area contributed by atoms with Crippen molar-refractivity contribution in [1.29, 1.82) is 0 Å². The van der Waals surface area contributed by atoms with Crippen LogP contribution in [0.15, 0.2) is 24.3 Å². The summed E-state index contributed by atoms with van der Waals surface area (Å²) in [7, 11) is 0. The van der Waals surface area contributed by atoms with Crippen molar-refractivity contribution in [1.82, 2.24) is 5.32 Å². The van der Waals surface area contributed by atoms with E-state index in [1.54, 1.807) is 24.3 Å². The van der Waals surface area contributed by atoms with Crippen LogP contribution in [0.2, 0.25) is 5.02 Å². The molecule has 0 heterocycles. The van der Waals surface area contributed by atoms with Crippen LogP contribution in [0.25, 0.3) is 0 Å². The number of primary amides is 1. The van der Waals surface area contributed by atoms with Crippen LogP contribution in [0.5, 0.6) is 0 Å². The number of rotatable bonds is 7. The highest BCUT2D eigenvalue weighted by molar-refractivity contribution is 6.30. The Morgan fingerprint density at radius 1 is 1.27 bits per heavy atom. The summed E-state index contributed by atoms with van der Waals surface area (Å²) >= 11 is 5.74. The van der Waals surface area contributed by atoms with E-state index in [0.717, 1.165) is 0 Å². The van der Waals surface area contributed by atoms with E-state index in [-0.39, 0.29) is 13.0 Å². The number of nitrogens with one attached hydrogen (secondary N) is 2. The van der Waals surface area contributed by atoms with Gasteiger partial charge in [0.2, 0.25) is 0 Å². The van der Waals surface area contributed by atoms with Gasteiger partial charge in [0.15, 0.2) is 6.10 Å². The van der Waals surface area contributed by atoms with Crippen molar-refractivity contribution in [2.24, 2.45) is 5.73 Å². The Morgan fingerprint density at radius 3 is 2.50 bits per heavy atom. The second kappa shape index (κ2) is 8.89. The summed E-state index contributed by atoms with van der Waals surface area (Å²) in [5.74, 6) is -0.962. The Hall–Kier alpha value is -2.28. The molecule has 0 bridgehead atoms. The number of nitrogens with two attached hydrogens (primary N) is 1. The van der Waals surface area contributed by atoms with Gasteiger partial charge in [-0.1, -0.05) is 11.6 Å². The highest BCUT2D eigenvalue weighted by Gasteiger charge is 2.17. The van der Waals surface area contributed by atoms with Crippen LogP contribution in [0.3, 0.4) is 0 Å². The number of urea groups is 1. The predicted molar refractivity (Wildman–Crippen MR) is 82.5 cm³/mol. The largest absolute Gasteiger partial charge is 0.453 e. The van der Waals surface area contributed by atoms with Gasteiger partial charge in [0, 0.05) is 23.7 Å². The third kappa shape index (κ3) is 6.94. The fourth-order valence-electron chi connectivity index (χ4n) is 1.53. The molecule has 22 heavy (non-hydrogen) atoms. The Bertz CT molecular complexity index is 533. The van der Waals surface area contributed by atoms with E-state index in [1.165, 1.54) is 6.92 Å². The Balaban J connectivity index is 2.32. The number of ether oxygens (including phenoxy) is 1. The Kier molecular flexibility index (Phi) is 7.18. The molecule has 4 N–H and O–H groups in total. The second-order valence-corrected chi connectivity index (χ2v) is 4.96. The second-order valence-electron chi connectivity index (χ2n) is 4.52. The smallest absolute Gasteiger partial charge is 0.312 e. The van der Waals surface area contributed by atoms with Gasteiger partial charge in [-0.3, -0.25) is 9.59 Å². The first-order valence-corrected chi connectivity index (χ1v) is 7.05. The van der Waals surface area contributed by atoms with E-state index in [2.05, 4.69) is 10.6 Å². The third-order valence-corrected chi connectivity index (χ3v) is 2.90. The first-order valence-electron chi connectivity index (χ1n) is 6.67. The lowest BCUT2D eigenvalue weighted by Crippen LogP contribution is -2.31. The molecule has 1 aromatic carbocycles. The SMILES string of the molecule is C[C@@H](OC(=O)CCCNC(N)=O)C(=O)Nc1ccc(Cl)cc1. The van der Waals surface area contributed by atoms with E-state index < -0.39 is 24.0 Å². The molecular weight excluding hydrogens is 310 g/mol. The number of anilines is 1. The first kappa shape index (κ1) is 17.8. The summed E-state index contributed by atoms with van der Waals surface area (Å²) in [4.78, 5) is 33.8. The Morgan fingerprint density at radius 2 is 1.91 bits per heavy atom. The maximum atomic E-state index is 11.9. The summed E-state index contributed by atoms with van der Waals surface area (Å²) in [6.45, 7) is 1.75. The number of amides is 3. The van der Waals surface area contributed by atoms with Gasteiger partial charge in [-0.05, 0) is 37.6 Å². The van der Waals surface area contributed by atoms with Gasteiger partial charge in [-0.25, -0.2) is 4.79 Å². The van der Waals surface area contributed by atoms with E-state index in [0.29, 0.717) is 17.1 Å². The molecule has 1 rings (SSSR count). The van der Waals surface area contributed by atoms with Crippen LogP contribution in [0.4, 0.5) is 10.5 Å². The maximum absolute atomic E-state index is 11.9. The summed E-state index contributed by atoms with van der Waals surface area (Å²) in [5, 5.41) is 5.52. The number of benzene rings is 1. The minimum Gasteiger partial charge on any atom is -0.453 e. The molecular formula is C14H18ClN3O4. The van der Waals surface area contributed by atoms with E-state index in [4.69, 9.17) is 22.1 Å². The number of carbonyl (C=O) groups excluding carboxylic acids is 3. The monoisotopic (exact) mass is 327 g/mol. The average molecular weight is 328 g/mol. The molecule has 0 unspecified atom stereocenters. The topological polar surface area (TPSA) is 111 Å². The molecule has 3 amide bonds. The molecule has 7 nitrogen and oxygen atoms in total. The summed E-state index contributed by atoms with van der Waals surface area (Å²) in [6.07, 6.45) is -0.459. The highest BCUT2D eigenvalue weighted by Crippen LogP contribution is 2.14. The zero-order valence-corrected chi connectivity index (χ0v) is 12.9. The molecule has 0 aromatic heterocycles. The van der Waals surface area contributed by atoms with Crippen LogP contribution >= 0.6 is 11.6 Å².